The summed E-state index contributed by atoms with van der Waals surface area (Å²) in [5.74, 6) is -0.690. The van der Waals surface area contributed by atoms with Crippen LogP contribution in [-0.4, -0.2) is 101 Å². The van der Waals surface area contributed by atoms with E-state index < -0.39 is 11.4 Å². The van der Waals surface area contributed by atoms with Gasteiger partial charge in [-0.15, -0.1) is 0 Å². The summed E-state index contributed by atoms with van der Waals surface area (Å²) in [5, 5.41) is 9.92. The number of carbonyl (C=O) groups is 1. The van der Waals surface area contributed by atoms with Crippen LogP contribution in [0.5, 0.6) is 0 Å². The normalized spacial score (nSPS) is 29.6. The van der Waals surface area contributed by atoms with Crippen LogP contribution in [-0.2, 0) is 38.0 Å². The van der Waals surface area contributed by atoms with Gasteiger partial charge in [0.05, 0.1) is 65.6 Å². The number of aldehydes is 1. The lowest BCUT2D eigenvalue weighted by Gasteiger charge is -2.41. The molecular formula is C18H32O9. The number of hydrogen-bond acceptors (Lipinski definition) is 9. The van der Waals surface area contributed by atoms with Crippen molar-refractivity contribution in [2.24, 2.45) is 0 Å². The van der Waals surface area contributed by atoms with Gasteiger partial charge in [-0.2, -0.15) is 0 Å². The van der Waals surface area contributed by atoms with Crippen molar-refractivity contribution in [3.05, 3.63) is 0 Å². The quantitative estimate of drug-likeness (QED) is 0.321. The highest BCUT2D eigenvalue weighted by Crippen LogP contribution is 2.40. The molecule has 0 aromatic carbocycles. The Bertz CT molecular complexity index is 431. The predicted octanol–water partition coefficient (Wildman–Crippen LogP) is -0.0768. The van der Waals surface area contributed by atoms with Gasteiger partial charge in [0.25, 0.3) is 0 Å². The van der Waals surface area contributed by atoms with Gasteiger partial charge in [-0.3, -0.25) is 0 Å². The maximum absolute atomic E-state index is 10.1. The minimum atomic E-state index is -0.915. The number of aliphatic hydroxyl groups is 1. The number of rotatable bonds is 14. The maximum atomic E-state index is 10.1. The minimum absolute atomic E-state index is 0.0898. The summed E-state index contributed by atoms with van der Waals surface area (Å²) in [4.78, 5) is 10.1. The molecule has 0 aromatic rings. The smallest absolute Gasteiger partial charge is 0.163 e. The van der Waals surface area contributed by atoms with Crippen LogP contribution < -0.4 is 0 Å². The molecule has 2 aliphatic rings. The SMILES string of the molecule is CC1(C)O[C@@H]2[C@@H](CCO[C@]2(CO)COCCOCCOCCOCC=O)O1. The van der Waals surface area contributed by atoms with Gasteiger partial charge in [0, 0.05) is 0 Å². The molecule has 2 fully saturated rings. The number of ether oxygens (including phenoxy) is 7. The largest absolute Gasteiger partial charge is 0.393 e. The first-order chi connectivity index (χ1) is 13.0. The first kappa shape index (κ1) is 22.6. The molecule has 0 saturated carbocycles. The minimum Gasteiger partial charge on any atom is -0.393 e. The fraction of sp³-hybridized carbons (Fsp3) is 0.944. The Morgan fingerprint density at radius 3 is 2.26 bits per heavy atom. The van der Waals surface area contributed by atoms with E-state index in [1.54, 1.807) is 0 Å². The maximum Gasteiger partial charge on any atom is 0.163 e. The third-order valence-corrected chi connectivity index (χ3v) is 4.41. The molecule has 3 atom stereocenters. The first-order valence-corrected chi connectivity index (χ1v) is 9.38. The summed E-state index contributed by atoms with van der Waals surface area (Å²) in [6.07, 6.45) is 0.976. The van der Waals surface area contributed by atoms with Gasteiger partial charge in [-0.25, -0.2) is 0 Å². The third-order valence-electron chi connectivity index (χ3n) is 4.41. The van der Waals surface area contributed by atoms with Crippen LogP contribution in [0.15, 0.2) is 0 Å². The van der Waals surface area contributed by atoms with Crippen LogP contribution in [0.3, 0.4) is 0 Å². The number of fused-ring (bicyclic) bond motifs is 1. The lowest BCUT2D eigenvalue weighted by Crippen LogP contribution is -2.59. The Balaban J connectivity index is 1.57. The molecule has 2 rings (SSSR count). The third kappa shape index (κ3) is 7.03. The van der Waals surface area contributed by atoms with E-state index in [4.69, 9.17) is 33.2 Å². The average Bonchev–Trinajstić information content (AvgIpc) is 2.97. The van der Waals surface area contributed by atoms with E-state index in [1.807, 2.05) is 13.8 Å². The van der Waals surface area contributed by atoms with Crippen molar-refractivity contribution < 1.29 is 43.1 Å². The molecule has 2 heterocycles. The van der Waals surface area contributed by atoms with Gasteiger partial charge in [-0.05, 0) is 20.3 Å². The molecule has 1 N–H and O–H groups in total. The topological polar surface area (TPSA) is 102 Å². The molecule has 0 aliphatic carbocycles. The average molecular weight is 392 g/mol. The molecule has 0 radical (unpaired) electrons. The van der Waals surface area contributed by atoms with E-state index in [0.717, 1.165) is 6.42 Å². The van der Waals surface area contributed by atoms with Crippen LogP contribution in [0.25, 0.3) is 0 Å². The van der Waals surface area contributed by atoms with E-state index in [2.05, 4.69) is 0 Å². The Kier molecular flexibility index (Phi) is 9.54. The van der Waals surface area contributed by atoms with Gasteiger partial charge in [0.2, 0.25) is 0 Å². The first-order valence-electron chi connectivity index (χ1n) is 9.38. The molecule has 0 aromatic heterocycles. The molecule has 2 saturated heterocycles. The predicted molar refractivity (Wildman–Crippen MR) is 93.6 cm³/mol. The number of carbonyl (C=O) groups excluding carboxylic acids is 1. The van der Waals surface area contributed by atoms with Gasteiger partial charge in [0.1, 0.15) is 24.6 Å². The van der Waals surface area contributed by atoms with Crippen molar-refractivity contribution in [3.63, 3.8) is 0 Å². The second kappa shape index (κ2) is 11.4. The molecule has 0 spiro atoms. The van der Waals surface area contributed by atoms with Crippen molar-refractivity contribution in [2.75, 3.05) is 66.1 Å². The fourth-order valence-corrected chi connectivity index (χ4v) is 3.19. The monoisotopic (exact) mass is 392 g/mol. The van der Waals surface area contributed by atoms with E-state index in [9.17, 15) is 9.90 Å². The van der Waals surface area contributed by atoms with Gasteiger partial charge in [-0.1, -0.05) is 0 Å². The lowest BCUT2D eigenvalue weighted by atomic mass is 9.90. The Morgan fingerprint density at radius 1 is 1.00 bits per heavy atom. The molecule has 27 heavy (non-hydrogen) atoms. The standard InChI is InChI=1S/C18H32O9/c1-17(2)26-15-3-5-25-18(13-20,16(15)27-17)14-24-12-11-23-10-9-22-8-7-21-6-4-19/h4,15-16,20H,3,5-14H2,1-2H3/t15-,16-,18-/m1/s1. The van der Waals surface area contributed by atoms with Gasteiger partial charge >= 0.3 is 0 Å². The van der Waals surface area contributed by atoms with Crippen molar-refractivity contribution >= 4 is 6.29 Å². The Morgan fingerprint density at radius 2 is 1.63 bits per heavy atom. The lowest BCUT2D eigenvalue weighted by molar-refractivity contribution is -0.219. The summed E-state index contributed by atoms with van der Waals surface area (Å²) in [5.41, 5.74) is -0.915. The molecule has 9 heteroatoms. The zero-order chi connectivity index (χ0) is 19.6. The summed E-state index contributed by atoms with van der Waals surface area (Å²) in [7, 11) is 0. The van der Waals surface area contributed by atoms with E-state index in [-0.39, 0.29) is 32.0 Å². The van der Waals surface area contributed by atoms with Crippen molar-refractivity contribution in [1.82, 2.24) is 0 Å². The van der Waals surface area contributed by atoms with Crippen molar-refractivity contribution in [1.29, 1.82) is 0 Å². The molecule has 158 valence electrons. The van der Waals surface area contributed by atoms with Crippen LogP contribution in [0.1, 0.15) is 20.3 Å². The van der Waals surface area contributed by atoms with E-state index in [0.29, 0.717) is 52.5 Å². The summed E-state index contributed by atoms with van der Waals surface area (Å²) in [6, 6.07) is 0. The second-order valence-corrected chi connectivity index (χ2v) is 6.97. The van der Waals surface area contributed by atoms with Crippen molar-refractivity contribution in [2.45, 2.75) is 43.9 Å². The van der Waals surface area contributed by atoms with Crippen molar-refractivity contribution in [3.8, 4) is 0 Å². The molecule has 2 aliphatic heterocycles. The zero-order valence-corrected chi connectivity index (χ0v) is 16.2. The molecule has 0 amide bonds. The number of aliphatic hydroxyl groups excluding tert-OH is 1. The molecule has 0 unspecified atom stereocenters. The van der Waals surface area contributed by atoms with E-state index >= 15 is 0 Å². The zero-order valence-electron chi connectivity index (χ0n) is 16.2. The van der Waals surface area contributed by atoms with Crippen LogP contribution in [0.4, 0.5) is 0 Å². The van der Waals surface area contributed by atoms with Crippen LogP contribution in [0, 0.1) is 0 Å². The highest BCUT2D eigenvalue weighted by molar-refractivity contribution is 5.50. The molecular weight excluding hydrogens is 360 g/mol. The fourth-order valence-electron chi connectivity index (χ4n) is 3.19. The molecule has 0 bridgehead atoms. The van der Waals surface area contributed by atoms with Gasteiger partial charge in [0.15, 0.2) is 5.79 Å². The van der Waals surface area contributed by atoms with E-state index in [1.165, 1.54) is 0 Å². The highest BCUT2D eigenvalue weighted by Gasteiger charge is 2.55. The summed E-state index contributed by atoms with van der Waals surface area (Å²) in [6.45, 7) is 6.78. The Labute approximate surface area is 160 Å². The number of hydrogen-bond donors (Lipinski definition) is 1. The Hall–Kier alpha value is -0.650. The molecule has 9 nitrogen and oxygen atoms in total. The highest BCUT2D eigenvalue weighted by atomic mass is 16.8. The summed E-state index contributed by atoms with van der Waals surface area (Å²) >= 11 is 0. The second-order valence-electron chi connectivity index (χ2n) is 6.97. The van der Waals surface area contributed by atoms with Crippen LogP contribution >= 0.6 is 0 Å². The summed E-state index contributed by atoms with van der Waals surface area (Å²) < 4.78 is 39.0. The van der Waals surface area contributed by atoms with Gasteiger partial charge < -0.3 is 43.1 Å². The van der Waals surface area contributed by atoms with Crippen LogP contribution in [0.2, 0.25) is 0 Å².